The Morgan fingerprint density at radius 1 is 1.04 bits per heavy atom. The van der Waals surface area contributed by atoms with Crippen molar-refractivity contribution in [2.45, 2.75) is 32.2 Å². The second-order valence-corrected chi connectivity index (χ2v) is 6.94. The fraction of sp³-hybridized carbons (Fsp3) is 0.286. The zero-order valence-corrected chi connectivity index (χ0v) is 14.9. The highest BCUT2D eigenvalue weighted by Gasteiger charge is 2.31. The fourth-order valence-electron chi connectivity index (χ4n) is 3.57. The van der Waals surface area contributed by atoms with Gasteiger partial charge in [-0.15, -0.1) is 0 Å². The molecule has 0 bridgehead atoms. The number of pyridine rings is 1. The van der Waals surface area contributed by atoms with Crippen molar-refractivity contribution in [3.8, 4) is 11.5 Å². The Labute approximate surface area is 152 Å². The van der Waals surface area contributed by atoms with Crippen LogP contribution >= 0.6 is 0 Å². The Morgan fingerprint density at radius 2 is 1.85 bits per heavy atom. The summed E-state index contributed by atoms with van der Waals surface area (Å²) in [6.45, 7) is 5.27. The minimum absolute atomic E-state index is 0.362. The van der Waals surface area contributed by atoms with E-state index in [0.29, 0.717) is 23.5 Å². The zero-order chi connectivity index (χ0) is 18.1. The molecule has 1 fully saturated rings. The van der Waals surface area contributed by atoms with Gasteiger partial charge in [-0.2, -0.15) is 0 Å². The monoisotopic (exact) mass is 348 g/mol. The Morgan fingerprint density at radius 3 is 2.58 bits per heavy atom. The number of anilines is 1. The van der Waals surface area contributed by atoms with Gasteiger partial charge in [0, 0.05) is 24.7 Å². The summed E-state index contributed by atoms with van der Waals surface area (Å²) in [5.74, 6) is 1.55. The van der Waals surface area contributed by atoms with Crippen LogP contribution in [0.25, 0.3) is 11.5 Å². The average molecular weight is 348 g/mol. The van der Waals surface area contributed by atoms with Crippen LogP contribution in [0.4, 0.5) is 10.2 Å². The largest absolute Gasteiger partial charge is 0.353 e. The predicted octanol–water partition coefficient (Wildman–Crippen LogP) is 4.37. The predicted molar refractivity (Wildman–Crippen MR) is 101 cm³/mol. The van der Waals surface area contributed by atoms with Gasteiger partial charge < -0.3 is 4.90 Å². The number of halogens is 1. The van der Waals surface area contributed by atoms with Gasteiger partial charge in [-0.25, -0.2) is 19.3 Å². The maximum atomic E-state index is 13.1. The molecule has 3 heterocycles. The molecule has 0 radical (unpaired) electrons. The molecule has 0 amide bonds. The molecule has 4 nitrogen and oxygen atoms in total. The van der Waals surface area contributed by atoms with Gasteiger partial charge >= 0.3 is 0 Å². The number of nitrogens with zero attached hydrogens (tertiary/aromatic N) is 4. The van der Waals surface area contributed by atoms with E-state index in [4.69, 9.17) is 0 Å². The minimum atomic E-state index is -0.362. The highest BCUT2D eigenvalue weighted by Crippen LogP contribution is 2.34. The molecule has 26 heavy (non-hydrogen) atoms. The molecule has 3 aromatic rings. The maximum Gasteiger partial charge on any atom is 0.180 e. The number of aromatic nitrogens is 3. The van der Waals surface area contributed by atoms with Gasteiger partial charge in [0.25, 0.3) is 0 Å². The average Bonchev–Trinajstić information content (AvgIpc) is 3.05. The Balaban J connectivity index is 1.58. The van der Waals surface area contributed by atoms with Crippen LogP contribution in [0.15, 0.2) is 54.9 Å². The number of aryl methyl sites for hydroxylation is 1. The molecule has 1 aliphatic heterocycles. The van der Waals surface area contributed by atoms with Gasteiger partial charge in [0.1, 0.15) is 17.3 Å². The van der Waals surface area contributed by atoms with Gasteiger partial charge in [0.15, 0.2) is 5.82 Å². The molecule has 2 unspecified atom stereocenters. The normalized spacial score (nSPS) is 19.7. The van der Waals surface area contributed by atoms with E-state index >= 15 is 0 Å². The van der Waals surface area contributed by atoms with Crippen molar-refractivity contribution in [2.24, 2.45) is 0 Å². The van der Waals surface area contributed by atoms with E-state index in [1.54, 1.807) is 12.3 Å². The lowest BCUT2D eigenvalue weighted by molar-refractivity contribution is 0.621. The molecule has 2 atom stereocenters. The first-order valence-corrected chi connectivity index (χ1v) is 8.88. The van der Waals surface area contributed by atoms with E-state index in [1.165, 1.54) is 23.4 Å². The molecule has 1 aromatic carbocycles. The van der Waals surface area contributed by atoms with Crippen molar-refractivity contribution in [1.29, 1.82) is 0 Å². The zero-order valence-electron chi connectivity index (χ0n) is 14.9. The standard InChI is InChI=1S/C21H21FN4/c1-14-3-5-16(6-4-14)17-11-15(2)26(13-17)20-9-10-23-21(25-20)19-8-7-18(22)12-24-19/h3-10,12,15,17H,11,13H2,1-2H3. The third kappa shape index (κ3) is 3.29. The molecule has 5 heteroatoms. The highest BCUT2D eigenvalue weighted by atomic mass is 19.1. The molecule has 0 aliphatic carbocycles. The highest BCUT2D eigenvalue weighted by molar-refractivity contribution is 5.53. The lowest BCUT2D eigenvalue weighted by atomic mass is 9.96. The summed E-state index contributed by atoms with van der Waals surface area (Å²) < 4.78 is 13.1. The van der Waals surface area contributed by atoms with Crippen LogP contribution in [0, 0.1) is 12.7 Å². The van der Waals surface area contributed by atoms with Crippen molar-refractivity contribution in [3.63, 3.8) is 0 Å². The first-order chi connectivity index (χ1) is 12.6. The Hall–Kier alpha value is -2.82. The third-order valence-corrected chi connectivity index (χ3v) is 5.02. The van der Waals surface area contributed by atoms with Crippen molar-refractivity contribution >= 4 is 5.82 Å². The van der Waals surface area contributed by atoms with E-state index in [9.17, 15) is 4.39 Å². The molecule has 0 N–H and O–H groups in total. The molecule has 2 aromatic heterocycles. The van der Waals surface area contributed by atoms with Gasteiger partial charge in [-0.3, -0.25) is 0 Å². The summed E-state index contributed by atoms with van der Waals surface area (Å²) in [5.41, 5.74) is 3.23. The van der Waals surface area contributed by atoms with Crippen molar-refractivity contribution in [1.82, 2.24) is 15.0 Å². The molecule has 1 aliphatic rings. The molecule has 0 saturated carbocycles. The minimum Gasteiger partial charge on any atom is -0.353 e. The molecular formula is C21H21FN4. The van der Waals surface area contributed by atoms with Crippen LogP contribution < -0.4 is 4.90 Å². The van der Waals surface area contributed by atoms with Crippen LogP contribution in [0.5, 0.6) is 0 Å². The van der Waals surface area contributed by atoms with Crippen LogP contribution in [0.2, 0.25) is 0 Å². The summed E-state index contributed by atoms with van der Waals surface area (Å²) in [6, 6.07) is 14.1. The van der Waals surface area contributed by atoms with E-state index in [0.717, 1.165) is 18.8 Å². The summed E-state index contributed by atoms with van der Waals surface area (Å²) in [6.07, 6.45) is 4.03. The number of rotatable bonds is 3. The number of benzene rings is 1. The molecule has 132 valence electrons. The quantitative estimate of drug-likeness (QED) is 0.705. The molecule has 1 saturated heterocycles. The van der Waals surface area contributed by atoms with Crippen LogP contribution in [-0.4, -0.2) is 27.5 Å². The summed E-state index contributed by atoms with van der Waals surface area (Å²) in [4.78, 5) is 15.4. The van der Waals surface area contributed by atoms with E-state index in [-0.39, 0.29) is 5.82 Å². The second kappa shape index (κ2) is 6.83. The third-order valence-electron chi connectivity index (χ3n) is 5.02. The Kier molecular flexibility index (Phi) is 4.37. The summed E-state index contributed by atoms with van der Waals surface area (Å²) in [5, 5.41) is 0. The Bertz CT molecular complexity index is 893. The first kappa shape index (κ1) is 16.6. The molecular weight excluding hydrogens is 327 g/mol. The maximum absolute atomic E-state index is 13.1. The molecule has 4 rings (SSSR count). The smallest absolute Gasteiger partial charge is 0.180 e. The SMILES string of the molecule is Cc1ccc(C2CC(C)N(c3ccnc(-c4ccc(F)cn4)n3)C2)cc1. The second-order valence-electron chi connectivity index (χ2n) is 6.94. The van der Waals surface area contributed by atoms with Crippen LogP contribution in [-0.2, 0) is 0 Å². The van der Waals surface area contributed by atoms with E-state index in [2.05, 4.69) is 58.0 Å². The van der Waals surface area contributed by atoms with Crippen LogP contribution in [0.3, 0.4) is 0 Å². The van der Waals surface area contributed by atoms with Crippen molar-refractivity contribution < 1.29 is 4.39 Å². The fourth-order valence-corrected chi connectivity index (χ4v) is 3.57. The van der Waals surface area contributed by atoms with E-state index in [1.807, 2.05) is 6.07 Å². The summed E-state index contributed by atoms with van der Waals surface area (Å²) >= 11 is 0. The number of hydrogen-bond acceptors (Lipinski definition) is 4. The first-order valence-electron chi connectivity index (χ1n) is 8.88. The molecule has 0 spiro atoms. The van der Waals surface area contributed by atoms with Gasteiger partial charge in [0.05, 0.1) is 6.20 Å². The lowest BCUT2D eigenvalue weighted by Crippen LogP contribution is -2.27. The van der Waals surface area contributed by atoms with Crippen molar-refractivity contribution in [3.05, 3.63) is 71.8 Å². The van der Waals surface area contributed by atoms with Gasteiger partial charge in [-0.05, 0) is 44.0 Å². The number of hydrogen-bond donors (Lipinski definition) is 0. The van der Waals surface area contributed by atoms with Crippen molar-refractivity contribution in [2.75, 3.05) is 11.4 Å². The lowest BCUT2D eigenvalue weighted by Gasteiger charge is -2.22. The van der Waals surface area contributed by atoms with Crippen LogP contribution in [0.1, 0.15) is 30.4 Å². The topological polar surface area (TPSA) is 41.9 Å². The van der Waals surface area contributed by atoms with Gasteiger partial charge in [-0.1, -0.05) is 29.8 Å². The summed E-state index contributed by atoms with van der Waals surface area (Å²) in [7, 11) is 0. The van der Waals surface area contributed by atoms with Gasteiger partial charge in [0.2, 0.25) is 0 Å². The van der Waals surface area contributed by atoms with E-state index < -0.39 is 0 Å².